The highest BCUT2D eigenvalue weighted by Gasteiger charge is 2.26. The molecule has 0 aromatic rings. The average Bonchev–Trinajstić information content (AvgIpc) is 2.02. The largest absolute Gasteiger partial charge is 0.389 e. The minimum atomic E-state index is -0.696. The lowest BCUT2D eigenvalue weighted by molar-refractivity contribution is -0.114. The number of carbonyl (C=O) groups is 1. The fourth-order valence-corrected chi connectivity index (χ4v) is 1.86. The van der Waals surface area contributed by atoms with Gasteiger partial charge in [0.05, 0.1) is 11.6 Å². The van der Waals surface area contributed by atoms with Gasteiger partial charge >= 0.3 is 0 Å². The summed E-state index contributed by atoms with van der Waals surface area (Å²) < 4.78 is 0. The van der Waals surface area contributed by atoms with Crippen LogP contribution in [0.25, 0.3) is 0 Å². The molecule has 1 N–H and O–H groups in total. The molecule has 76 valence electrons. The van der Waals surface area contributed by atoms with Gasteiger partial charge in [0.2, 0.25) is 0 Å². The Morgan fingerprint density at radius 3 is 2.77 bits per heavy atom. The van der Waals surface area contributed by atoms with Crippen LogP contribution in [0.5, 0.6) is 0 Å². The molecule has 1 atom stereocenters. The number of carbonyl (C=O) groups excluding carboxylic acids is 1. The second kappa shape index (κ2) is 4.20. The van der Waals surface area contributed by atoms with Crippen molar-refractivity contribution in [2.75, 3.05) is 13.1 Å². The van der Waals surface area contributed by atoms with E-state index in [0.717, 1.165) is 32.1 Å². The minimum absolute atomic E-state index is 0.0279. The van der Waals surface area contributed by atoms with Crippen molar-refractivity contribution in [3.63, 3.8) is 0 Å². The van der Waals surface area contributed by atoms with E-state index >= 15 is 0 Å². The van der Waals surface area contributed by atoms with Gasteiger partial charge in [0, 0.05) is 6.54 Å². The van der Waals surface area contributed by atoms with Crippen LogP contribution in [0.1, 0.15) is 33.1 Å². The first-order chi connectivity index (χ1) is 6.03. The topological polar surface area (TPSA) is 40.5 Å². The lowest BCUT2D eigenvalue weighted by Gasteiger charge is -2.36. The summed E-state index contributed by atoms with van der Waals surface area (Å²) in [5.74, 6) is 0. The van der Waals surface area contributed by atoms with Crippen LogP contribution < -0.4 is 0 Å². The van der Waals surface area contributed by atoms with E-state index in [9.17, 15) is 9.90 Å². The smallest absolute Gasteiger partial charge is 0.137 e. The summed E-state index contributed by atoms with van der Waals surface area (Å²) >= 11 is 0. The predicted molar refractivity (Wildman–Crippen MR) is 51.6 cm³/mol. The monoisotopic (exact) mass is 185 g/mol. The Kier molecular flexibility index (Phi) is 3.45. The molecule has 0 radical (unpaired) electrons. The van der Waals surface area contributed by atoms with Crippen LogP contribution in [0.2, 0.25) is 0 Å². The van der Waals surface area contributed by atoms with E-state index in [1.165, 1.54) is 0 Å². The Hall–Kier alpha value is -0.410. The molecule has 0 aliphatic carbocycles. The Balaban J connectivity index is 2.50. The normalized spacial score (nSPS) is 25.9. The molecule has 0 spiro atoms. The van der Waals surface area contributed by atoms with Gasteiger partial charge in [0.1, 0.15) is 6.29 Å². The molecule has 3 heteroatoms. The molecule has 1 saturated heterocycles. The number of hydrogen-bond acceptors (Lipinski definition) is 3. The number of nitrogens with zero attached hydrogens (tertiary/aromatic N) is 1. The minimum Gasteiger partial charge on any atom is -0.389 e. The van der Waals surface area contributed by atoms with Crippen LogP contribution in [0, 0.1) is 0 Å². The van der Waals surface area contributed by atoms with E-state index in [2.05, 4.69) is 4.90 Å². The Labute approximate surface area is 79.7 Å². The summed E-state index contributed by atoms with van der Waals surface area (Å²) in [4.78, 5) is 12.8. The van der Waals surface area contributed by atoms with Gasteiger partial charge in [-0.15, -0.1) is 0 Å². The van der Waals surface area contributed by atoms with Gasteiger partial charge in [-0.2, -0.15) is 0 Å². The fourth-order valence-electron chi connectivity index (χ4n) is 1.86. The third kappa shape index (κ3) is 3.44. The Morgan fingerprint density at radius 1 is 1.54 bits per heavy atom. The predicted octanol–water partition coefficient (Wildman–Crippen LogP) is 0.811. The molecule has 1 aliphatic heterocycles. The first kappa shape index (κ1) is 10.7. The number of aldehydes is 1. The molecule has 0 saturated carbocycles. The summed E-state index contributed by atoms with van der Waals surface area (Å²) in [5, 5.41) is 9.63. The first-order valence-corrected chi connectivity index (χ1v) is 4.95. The van der Waals surface area contributed by atoms with Crippen LogP contribution >= 0.6 is 0 Å². The Bertz CT molecular complexity index is 174. The summed E-state index contributed by atoms with van der Waals surface area (Å²) in [6.07, 6.45) is 4.22. The standard InChI is InChI=1S/C10H19NO2/c1-10(2,13)8-11-6-4-3-5-9(11)7-12/h7,9,13H,3-6,8H2,1-2H3. The van der Waals surface area contributed by atoms with Crippen molar-refractivity contribution < 1.29 is 9.90 Å². The SMILES string of the molecule is CC(C)(O)CN1CCCCC1C=O. The molecule has 3 nitrogen and oxygen atoms in total. The highest BCUT2D eigenvalue weighted by atomic mass is 16.3. The quantitative estimate of drug-likeness (QED) is 0.661. The number of aliphatic hydroxyl groups is 1. The molecular weight excluding hydrogens is 166 g/mol. The molecule has 0 bridgehead atoms. The highest BCUT2D eigenvalue weighted by molar-refractivity contribution is 5.57. The van der Waals surface area contributed by atoms with Crippen LogP contribution in [0.3, 0.4) is 0 Å². The zero-order chi connectivity index (χ0) is 9.90. The van der Waals surface area contributed by atoms with Gasteiger partial charge < -0.3 is 9.90 Å². The molecule has 1 heterocycles. The van der Waals surface area contributed by atoms with Crippen molar-refractivity contribution in [2.24, 2.45) is 0 Å². The molecule has 0 aromatic carbocycles. The number of β-amino-alcohol motifs (C(OH)–C–C–N with tert-alkyl or cyclic N) is 1. The van der Waals surface area contributed by atoms with E-state index in [1.807, 2.05) is 0 Å². The molecule has 1 unspecified atom stereocenters. The van der Waals surface area contributed by atoms with Gasteiger partial charge in [0.15, 0.2) is 0 Å². The molecule has 0 amide bonds. The number of likely N-dealkylation sites (tertiary alicyclic amines) is 1. The zero-order valence-electron chi connectivity index (χ0n) is 8.49. The van der Waals surface area contributed by atoms with Gasteiger partial charge in [-0.25, -0.2) is 0 Å². The molecular formula is C10H19NO2. The van der Waals surface area contributed by atoms with Crippen molar-refractivity contribution in [2.45, 2.75) is 44.8 Å². The summed E-state index contributed by atoms with van der Waals surface area (Å²) in [5.41, 5.74) is -0.696. The summed E-state index contributed by atoms with van der Waals surface area (Å²) in [6.45, 7) is 5.09. The van der Waals surface area contributed by atoms with Gasteiger partial charge in [-0.1, -0.05) is 6.42 Å². The van der Waals surface area contributed by atoms with Crippen molar-refractivity contribution in [1.29, 1.82) is 0 Å². The third-order valence-corrected chi connectivity index (χ3v) is 2.41. The fraction of sp³-hybridized carbons (Fsp3) is 0.900. The molecule has 1 aliphatic rings. The second-order valence-electron chi connectivity index (χ2n) is 4.48. The number of hydrogen-bond donors (Lipinski definition) is 1. The molecule has 1 rings (SSSR count). The van der Waals surface area contributed by atoms with E-state index in [-0.39, 0.29) is 6.04 Å². The van der Waals surface area contributed by atoms with Crippen LogP contribution in [0.4, 0.5) is 0 Å². The Morgan fingerprint density at radius 2 is 2.23 bits per heavy atom. The van der Waals surface area contributed by atoms with Crippen LogP contribution in [-0.2, 0) is 4.79 Å². The molecule has 13 heavy (non-hydrogen) atoms. The maximum atomic E-state index is 10.7. The lowest BCUT2D eigenvalue weighted by atomic mass is 10.0. The van der Waals surface area contributed by atoms with E-state index in [4.69, 9.17) is 0 Å². The van der Waals surface area contributed by atoms with Crippen molar-refractivity contribution in [3.05, 3.63) is 0 Å². The number of piperidine rings is 1. The third-order valence-electron chi connectivity index (χ3n) is 2.41. The van der Waals surface area contributed by atoms with Crippen molar-refractivity contribution >= 4 is 6.29 Å². The van der Waals surface area contributed by atoms with Crippen LogP contribution in [-0.4, -0.2) is 41.0 Å². The lowest BCUT2D eigenvalue weighted by Crippen LogP contribution is -2.47. The van der Waals surface area contributed by atoms with Crippen LogP contribution in [0.15, 0.2) is 0 Å². The zero-order valence-corrected chi connectivity index (χ0v) is 8.49. The van der Waals surface area contributed by atoms with Crippen molar-refractivity contribution in [3.8, 4) is 0 Å². The summed E-state index contributed by atoms with van der Waals surface area (Å²) in [7, 11) is 0. The van der Waals surface area contributed by atoms with E-state index in [1.54, 1.807) is 13.8 Å². The van der Waals surface area contributed by atoms with Crippen molar-refractivity contribution in [1.82, 2.24) is 4.90 Å². The summed E-state index contributed by atoms with van der Waals surface area (Å²) in [6, 6.07) is 0.0279. The first-order valence-electron chi connectivity index (χ1n) is 4.95. The number of rotatable bonds is 3. The van der Waals surface area contributed by atoms with Gasteiger partial charge in [-0.05, 0) is 33.2 Å². The van der Waals surface area contributed by atoms with E-state index in [0.29, 0.717) is 6.54 Å². The molecule has 0 aromatic heterocycles. The van der Waals surface area contributed by atoms with Gasteiger partial charge in [-0.3, -0.25) is 4.90 Å². The highest BCUT2D eigenvalue weighted by Crippen LogP contribution is 2.17. The maximum Gasteiger partial charge on any atom is 0.137 e. The second-order valence-corrected chi connectivity index (χ2v) is 4.48. The molecule has 1 fully saturated rings. The van der Waals surface area contributed by atoms with Gasteiger partial charge in [0.25, 0.3) is 0 Å². The maximum absolute atomic E-state index is 10.7. The van der Waals surface area contributed by atoms with E-state index < -0.39 is 5.60 Å². The average molecular weight is 185 g/mol.